The zero-order chi connectivity index (χ0) is 11.5. The number of hydrogen-bond donors (Lipinski definition) is 0. The van der Waals surface area contributed by atoms with Crippen molar-refractivity contribution in [2.24, 2.45) is 0 Å². The van der Waals surface area contributed by atoms with E-state index < -0.39 is 8.32 Å². The molecular weight excluding hydrogens is 188 g/mol. The van der Waals surface area contributed by atoms with Gasteiger partial charge in [0.1, 0.15) is 6.10 Å². The van der Waals surface area contributed by atoms with Crippen molar-refractivity contribution in [3.05, 3.63) is 0 Å². The predicted molar refractivity (Wildman–Crippen MR) is 68.4 cm³/mol. The van der Waals surface area contributed by atoms with Crippen molar-refractivity contribution >= 4 is 8.32 Å². The smallest absolute Gasteiger partial charge is 0.393 e. The van der Waals surface area contributed by atoms with Crippen molar-refractivity contribution in [1.82, 2.24) is 0 Å². The lowest BCUT2D eigenvalue weighted by atomic mass is 10.5. The van der Waals surface area contributed by atoms with Gasteiger partial charge in [0.15, 0.2) is 0 Å². The first-order valence-electron chi connectivity index (χ1n) is 5.97. The van der Waals surface area contributed by atoms with E-state index in [1.807, 2.05) is 0 Å². The molecule has 86 valence electrons. The number of hydrogen-bond acceptors (Lipinski definition) is 0. The van der Waals surface area contributed by atoms with Gasteiger partial charge in [-0.1, -0.05) is 41.5 Å². The molecule has 0 saturated carbocycles. The second-order valence-electron chi connectivity index (χ2n) is 5.57. The van der Waals surface area contributed by atoms with E-state index in [-0.39, 0.29) is 0 Å². The molecule has 0 aliphatic rings. The summed E-state index contributed by atoms with van der Waals surface area (Å²) in [6.07, 6.45) is 0.494. The summed E-state index contributed by atoms with van der Waals surface area (Å²) in [5, 5.41) is 0. The van der Waals surface area contributed by atoms with Gasteiger partial charge in [0.25, 0.3) is 0 Å². The molecule has 0 atom stereocenters. The largest absolute Gasteiger partial charge is 0.528 e. The maximum atomic E-state index is 5.15. The summed E-state index contributed by atoms with van der Waals surface area (Å²) in [6, 6.07) is 0. The van der Waals surface area contributed by atoms with Gasteiger partial charge in [-0.15, -0.1) is 0 Å². The van der Waals surface area contributed by atoms with E-state index in [0.29, 0.717) is 6.10 Å². The van der Waals surface area contributed by atoms with Crippen LogP contribution in [0.15, 0.2) is 0 Å². The maximum absolute atomic E-state index is 5.15. The third kappa shape index (κ3) is 2.83. The summed E-state index contributed by atoms with van der Waals surface area (Å²) in [4.78, 5) is 0. The van der Waals surface area contributed by atoms with Crippen molar-refractivity contribution in [1.29, 1.82) is 0 Å². The van der Waals surface area contributed by atoms with E-state index in [4.69, 9.17) is 4.43 Å². The topological polar surface area (TPSA) is 12.8 Å². The molecule has 0 aliphatic heterocycles. The van der Waals surface area contributed by atoms with Gasteiger partial charge < -0.3 is 4.43 Å². The van der Waals surface area contributed by atoms with Gasteiger partial charge in [-0.3, -0.25) is 0 Å². The fraction of sp³-hybridized carbons (Fsp3) is 1.00. The highest BCUT2D eigenvalue weighted by atomic mass is 28.4. The van der Waals surface area contributed by atoms with E-state index in [0.717, 1.165) is 16.6 Å². The zero-order valence-corrected chi connectivity index (χ0v) is 12.3. The van der Waals surface area contributed by atoms with E-state index in [9.17, 15) is 0 Å². The molecule has 0 rings (SSSR count). The molecule has 0 saturated heterocycles. The SMILES string of the molecule is CC(C)[OH+][Si](C(C)C)(C(C)C)C(C)C. The van der Waals surface area contributed by atoms with Crippen LogP contribution >= 0.6 is 0 Å². The normalized spacial score (nSPS) is 13.7. The Bertz CT molecular complexity index is 140. The predicted octanol–water partition coefficient (Wildman–Crippen LogP) is 4.10. The summed E-state index contributed by atoms with van der Waals surface area (Å²) in [5.74, 6) is 0. The average Bonchev–Trinajstić information content (AvgIpc) is 1.97. The van der Waals surface area contributed by atoms with E-state index in [2.05, 4.69) is 55.4 Å². The van der Waals surface area contributed by atoms with Gasteiger partial charge in [-0.25, -0.2) is 0 Å². The summed E-state index contributed by atoms with van der Waals surface area (Å²) >= 11 is 0. The molecule has 0 radical (unpaired) electrons. The molecule has 1 nitrogen and oxygen atoms in total. The van der Waals surface area contributed by atoms with Crippen LogP contribution < -0.4 is 0 Å². The molecule has 0 aliphatic carbocycles. The maximum Gasteiger partial charge on any atom is 0.393 e. The van der Waals surface area contributed by atoms with Crippen molar-refractivity contribution in [2.75, 3.05) is 0 Å². The molecular formula is C12H29OSi+. The Morgan fingerprint density at radius 2 is 0.929 bits per heavy atom. The number of rotatable bonds is 5. The summed E-state index contributed by atoms with van der Waals surface area (Å²) < 4.78 is 5.15. The van der Waals surface area contributed by atoms with Gasteiger partial charge in [-0.05, 0) is 0 Å². The van der Waals surface area contributed by atoms with Crippen LogP contribution in [0, 0.1) is 0 Å². The highest BCUT2D eigenvalue weighted by Gasteiger charge is 2.54. The molecule has 0 amide bonds. The minimum Gasteiger partial charge on any atom is -0.528 e. The lowest BCUT2D eigenvalue weighted by molar-refractivity contribution is 0.0454. The molecule has 0 aromatic rings. The Hall–Kier alpha value is 0.177. The van der Waals surface area contributed by atoms with Gasteiger partial charge in [0, 0.05) is 30.5 Å². The Labute approximate surface area is 91.4 Å². The summed E-state index contributed by atoms with van der Waals surface area (Å²) in [7, 11) is -1.47. The zero-order valence-electron chi connectivity index (χ0n) is 11.3. The molecule has 2 heteroatoms. The molecule has 0 unspecified atom stereocenters. The molecule has 0 fully saturated rings. The Kier molecular flexibility index (Phi) is 5.38. The molecule has 0 aromatic heterocycles. The Balaban J connectivity index is 4.95. The van der Waals surface area contributed by atoms with Crippen molar-refractivity contribution in [3.63, 3.8) is 0 Å². The first kappa shape index (κ1) is 14.2. The van der Waals surface area contributed by atoms with Crippen LogP contribution in [-0.4, -0.2) is 18.8 Å². The molecule has 0 bridgehead atoms. The van der Waals surface area contributed by atoms with Gasteiger partial charge >= 0.3 is 8.32 Å². The minimum absolute atomic E-state index is 0.494. The molecule has 0 spiro atoms. The highest BCUT2D eigenvalue weighted by Crippen LogP contribution is 2.41. The quantitative estimate of drug-likeness (QED) is 0.486. The lowest BCUT2D eigenvalue weighted by Crippen LogP contribution is -2.52. The van der Waals surface area contributed by atoms with Gasteiger partial charge in [-0.2, -0.15) is 0 Å². The van der Waals surface area contributed by atoms with Crippen LogP contribution in [0.4, 0.5) is 0 Å². The Morgan fingerprint density at radius 3 is 1.00 bits per heavy atom. The van der Waals surface area contributed by atoms with Crippen LogP contribution in [0.3, 0.4) is 0 Å². The molecule has 0 heterocycles. The fourth-order valence-corrected chi connectivity index (χ4v) is 8.68. The minimum atomic E-state index is -1.47. The molecule has 14 heavy (non-hydrogen) atoms. The van der Waals surface area contributed by atoms with Crippen LogP contribution in [0.5, 0.6) is 0 Å². The fourth-order valence-electron chi connectivity index (χ4n) is 2.89. The summed E-state index contributed by atoms with van der Waals surface area (Å²) in [6.45, 7) is 18.6. The van der Waals surface area contributed by atoms with Crippen molar-refractivity contribution < 1.29 is 4.43 Å². The first-order valence-corrected chi connectivity index (χ1v) is 8.15. The van der Waals surface area contributed by atoms with E-state index in [1.54, 1.807) is 0 Å². The second kappa shape index (κ2) is 5.31. The first-order chi connectivity index (χ1) is 6.25. The van der Waals surface area contributed by atoms with Crippen LogP contribution in [-0.2, 0) is 0 Å². The lowest BCUT2D eigenvalue weighted by Gasteiger charge is -2.37. The van der Waals surface area contributed by atoms with Crippen LogP contribution in [0.25, 0.3) is 0 Å². The Morgan fingerprint density at radius 1 is 0.643 bits per heavy atom. The molecule has 1 N–H and O–H groups in total. The number of aliphatic hydroxyl groups is 1. The summed E-state index contributed by atoms with van der Waals surface area (Å²) in [5.41, 5.74) is 2.26. The van der Waals surface area contributed by atoms with Crippen molar-refractivity contribution in [3.8, 4) is 0 Å². The van der Waals surface area contributed by atoms with Crippen LogP contribution in [0.2, 0.25) is 16.6 Å². The third-order valence-corrected chi connectivity index (χ3v) is 9.77. The standard InChI is InChI=1S/C12H28OSi/c1-9(2)13-14(10(3)4,11(5)6)12(7)8/h9-12H,1-8H3/p+1. The van der Waals surface area contributed by atoms with Gasteiger partial charge in [0.2, 0.25) is 0 Å². The second-order valence-corrected chi connectivity index (χ2v) is 11.1. The van der Waals surface area contributed by atoms with E-state index in [1.165, 1.54) is 0 Å². The van der Waals surface area contributed by atoms with E-state index >= 15 is 0 Å². The third-order valence-electron chi connectivity index (χ3n) is 3.26. The van der Waals surface area contributed by atoms with Crippen LogP contribution in [0.1, 0.15) is 55.4 Å². The monoisotopic (exact) mass is 217 g/mol. The van der Waals surface area contributed by atoms with Gasteiger partial charge in [0.05, 0.1) is 0 Å². The van der Waals surface area contributed by atoms with Crippen molar-refractivity contribution in [2.45, 2.75) is 78.1 Å². The molecule has 0 aromatic carbocycles. The average molecular weight is 217 g/mol. The highest BCUT2D eigenvalue weighted by molar-refractivity contribution is 6.77.